The maximum atomic E-state index is 11.0. The van der Waals surface area contributed by atoms with Gasteiger partial charge in [-0.15, -0.1) is 0 Å². The summed E-state index contributed by atoms with van der Waals surface area (Å²) in [5, 5.41) is 12.8. The van der Waals surface area contributed by atoms with Crippen LogP contribution in [-0.2, 0) is 4.74 Å². The van der Waals surface area contributed by atoms with E-state index in [1.54, 1.807) is 6.92 Å². The van der Waals surface area contributed by atoms with E-state index in [0.29, 0.717) is 0 Å². The van der Waals surface area contributed by atoms with Crippen LogP contribution in [0.2, 0.25) is 0 Å². The van der Waals surface area contributed by atoms with E-state index in [4.69, 9.17) is 0 Å². The molecule has 0 bridgehead atoms. The molecule has 80 valence electrons. The Morgan fingerprint density at radius 1 is 1.73 bits per heavy atom. The zero-order chi connectivity index (χ0) is 11.3. The lowest BCUT2D eigenvalue weighted by atomic mass is 10.3. The second-order valence-electron chi connectivity index (χ2n) is 2.50. The molecule has 7 heteroatoms. The molecular formula is C8H9N3O4. The van der Waals surface area contributed by atoms with Crippen molar-refractivity contribution >= 4 is 17.5 Å². The Morgan fingerprint density at radius 2 is 2.47 bits per heavy atom. The summed E-state index contributed by atoms with van der Waals surface area (Å²) >= 11 is 0. The molecule has 15 heavy (non-hydrogen) atoms. The first-order valence-electron chi connectivity index (χ1n) is 4.17. The summed E-state index contributed by atoms with van der Waals surface area (Å²) in [5.41, 5.74) is -0.209. The summed E-state index contributed by atoms with van der Waals surface area (Å²) in [5.74, 6) is 0. The van der Waals surface area contributed by atoms with Gasteiger partial charge in [0.2, 0.25) is 0 Å². The van der Waals surface area contributed by atoms with Crippen molar-refractivity contribution in [3.63, 3.8) is 0 Å². The summed E-state index contributed by atoms with van der Waals surface area (Å²) in [6, 6.07) is 1.33. The number of pyridine rings is 1. The largest absolute Gasteiger partial charge is 0.450 e. The number of amides is 1. The number of hydrogen-bond donors (Lipinski definition) is 1. The Bertz CT molecular complexity index is 380. The van der Waals surface area contributed by atoms with Gasteiger partial charge in [0.25, 0.3) is 0 Å². The third kappa shape index (κ3) is 2.90. The van der Waals surface area contributed by atoms with Crippen LogP contribution in [0.3, 0.4) is 0 Å². The van der Waals surface area contributed by atoms with Crippen molar-refractivity contribution in [2.45, 2.75) is 6.92 Å². The van der Waals surface area contributed by atoms with Crippen LogP contribution in [0.1, 0.15) is 6.92 Å². The molecule has 7 nitrogen and oxygen atoms in total. The molecule has 1 aromatic rings. The zero-order valence-corrected chi connectivity index (χ0v) is 7.97. The normalized spacial score (nSPS) is 9.40. The second-order valence-corrected chi connectivity index (χ2v) is 2.50. The highest BCUT2D eigenvalue weighted by Crippen LogP contribution is 2.21. The SMILES string of the molecule is CCOC(=O)Nc1ccncc1[N+](=O)[O-]. The number of carbonyl (C=O) groups is 1. The zero-order valence-electron chi connectivity index (χ0n) is 7.97. The summed E-state index contributed by atoms with van der Waals surface area (Å²) < 4.78 is 4.59. The van der Waals surface area contributed by atoms with Gasteiger partial charge in [-0.1, -0.05) is 0 Å². The molecule has 0 saturated heterocycles. The third-order valence-electron chi connectivity index (χ3n) is 1.51. The average Bonchev–Trinajstić information content (AvgIpc) is 2.18. The number of ether oxygens (including phenoxy) is 1. The van der Waals surface area contributed by atoms with Crippen molar-refractivity contribution < 1.29 is 14.5 Å². The lowest BCUT2D eigenvalue weighted by molar-refractivity contribution is -0.384. The van der Waals surface area contributed by atoms with Gasteiger partial charge in [-0.2, -0.15) is 0 Å². The summed E-state index contributed by atoms with van der Waals surface area (Å²) in [6.45, 7) is 1.84. The van der Waals surface area contributed by atoms with Gasteiger partial charge in [-0.25, -0.2) is 4.79 Å². The molecule has 0 aliphatic rings. The van der Waals surface area contributed by atoms with Crippen molar-refractivity contribution in [3.05, 3.63) is 28.6 Å². The molecule has 0 radical (unpaired) electrons. The molecule has 1 N–H and O–H groups in total. The first kappa shape index (κ1) is 10.9. The lowest BCUT2D eigenvalue weighted by Crippen LogP contribution is -2.14. The molecule has 0 aliphatic heterocycles. The number of aromatic nitrogens is 1. The highest BCUT2D eigenvalue weighted by atomic mass is 16.6. The maximum Gasteiger partial charge on any atom is 0.411 e. The Kier molecular flexibility index (Phi) is 3.55. The van der Waals surface area contributed by atoms with E-state index >= 15 is 0 Å². The Morgan fingerprint density at radius 3 is 3.07 bits per heavy atom. The predicted molar refractivity (Wildman–Crippen MR) is 51.5 cm³/mol. The van der Waals surface area contributed by atoms with Crippen molar-refractivity contribution in [1.82, 2.24) is 4.98 Å². The van der Waals surface area contributed by atoms with Gasteiger partial charge in [-0.3, -0.25) is 20.4 Å². The van der Waals surface area contributed by atoms with Crippen LogP contribution >= 0.6 is 0 Å². The van der Waals surface area contributed by atoms with E-state index in [1.807, 2.05) is 0 Å². The third-order valence-corrected chi connectivity index (χ3v) is 1.51. The van der Waals surface area contributed by atoms with Crippen LogP contribution in [-0.4, -0.2) is 22.6 Å². The van der Waals surface area contributed by atoms with E-state index in [-0.39, 0.29) is 18.0 Å². The number of anilines is 1. The Hall–Kier alpha value is -2.18. The van der Waals surface area contributed by atoms with Gasteiger partial charge in [0.1, 0.15) is 11.9 Å². The number of carbonyl (C=O) groups excluding carboxylic acids is 1. The molecule has 0 atom stereocenters. The summed E-state index contributed by atoms with van der Waals surface area (Å²) in [6.07, 6.45) is 1.67. The Labute approximate surface area is 85.2 Å². The minimum absolute atomic E-state index is 0.0634. The van der Waals surface area contributed by atoms with Crippen LogP contribution in [0, 0.1) is 10.1 Å². The van der Waals surface area contributed by atoms with E-state index in [1.165, 1.54) is 12.3 Å². The summed E-state index contributed by atoms with van der Waals surface area (Å²) in [7, 11) is 0. The van der Waals surface area contributed by atoms with E-state index in [2.05, 4.69) is 15.0 Å². The molecule has 0 aliphatic carbocycles. The molecule has 1 aromatic heterocycles. The molecular weight excluding hydrogens is 202 g/mol. The van der Waals surface area contributed by atoms with Crippen LogP contribution < -0.4 is 5.32 Å². The topological polar surface area (TPSA) is 94.4 Å². The Balaban J connectivity index is 2.84. The fourth-order valence-electron chi connectivity index (χ4n) is 0.914. The first-order chi connectivity index (χ1) is 7.15. The fourth-order valence-corrected chi connectivity index (χ4v) is 0.914. The summed E-state index contributed by atoms with van der Waals surface area (Å²) in [4.78, 5) is 24.5. The number of rotatable bonds is 3. The molecule has 1 amide bonds. The maximum absolute atomic E-state index is 11.0. The second kappa shape index (κ2) is 4.89. The number of nitrogens with zero attached hydrogens (tertiary/aromatic N) is 2. The van der Waals surface area contributed by atoms with Gasteiger partial charge in [-0.05, 0) is 13.0 Å². The number of nitro groups is 1. The van der Waals surface area contributed by atoms with Crippen LogP contribution in [0.15, 0.2) is 18.5 Å². The highest BCUT2D eigenvalue weighted by Gasteiger charge is 2.15. The van der Waals surface area contributed by atoms with E-state index in [9.17, 15) is 14.9 Å². The van der Waals surface area contributed by atoms with E-state index < -0.39 is 11.0 Å². The van der Waals surface area contributed by atoms with Crippen molar-refractivity contribution in [2.24, 2.45) is 0 Å². The average molecular weight is 211 g/mol. The first-order valence-corrected chi connectivity index (χ1v) is 4.17. The highest BCUT2D eigenvalue weighted by molar-refractivity contribution is 5.87. The molecule has 1 rings (SSSR count). The van der Waals surface area contributed by atoms with Gasteiger partial charge in [0, 0.05) is 6.20 Å². The molecule has 0 unspecified atom stereocenters. The number of hydrogen-bond acceptors (Lipinski definition) is 5. The van der Waals surface area contributed by atoms with Crippen LogP contribution in [0.4, 0.5) is 16.2 Å². The fraction of sp³-hybridized carbons (Fsp3) is 0.250. The molecule has 0 aromatic carbocycles. The molecule has 0 spiro atoms. The van der Waals surface area contributed by atoms with E-state index in [0.717, 1.165) is 6.20 Å². The molecule has 1 heterocycles. The van der Waals surface area contributed by atoms with Gasteiger partial charge >= 0.3 is 11.8 Å². The van der Waals surface area contributed by atoms with Gasteiger partial charge in [0.05, 0.1) is 11.5 Å². The quantitative estimate of drug-likeness (QED) is 0.604. The van der Waals surface area contributed by atoms with Crippen molar-refractivity contribution in [1.29, 1.82) is 0 Å². The van der Waals surface area contributed by atoms with Gasteiger partial charge < -0.3 is 4.74 Å². The minimum Gasteiger partial charge on any atom is -0.450 e. The van der Waals surface area contributed by atoms with Crippen molar-refractivity contribution in [3.8, 4) is 0 Å². The standard InChI is InChI=1S/C8H9N3O4/c1-2-15-8(12)10-6-3-4-9-5-7(6)11(13)14/h3-5H,2H2,1H3,(H,9,10,12). The molecule has 0 saturated carbocycles. The lowest BCUT2D eigenvalue weighted by Gasteiger charge is -2.04. The number of nitrogens with one attached hydrogen (secondary N) is 1. The minimum atomic E-state index is -0.730. The predicted octanol–water partition coefficient (Wildman–Crippen LogP) is 1.56. The monoisotopic (exact) mass is 211 g/mol. The van der Waals surface area contributed by atoms with Gasteiger partial charge in [0.15, 0.2) is 0 Å². The van der Waals surface area contributed by atoms with Crippen LogP contribution in [0.25, 0.3) is 0 Å². The van der Waals surface area contributed by atoms with Crippen LogP contribution in [0.5, 0.6) is 0 Å². The van der Waals surface area contributed by atoms with Crippen molar-refractivity contribution in [2.75, 3.05) is 11.9 Å². The molecule has 0 fully saturated rings. The smallest absolute Gasteiger partial charge is 0.411 e.